The van der Waals surface area contributed by atoms with Gasteiger partial charge in [-0.25, -0.2) is 8.42 Å². The number of likely N-dealkylation sites (N-methyl/N-ethyl adjacent to an activating group) is 1. The zero-order valence-corrected chi connectivity index (χ0v) is 15.1. The van der Waals surface area contributed by atoms with Crippen molar-refractivity contribution in [2.75, 3.05) is 30.9 Å². The van der Waals surface area contributed by atoms with Gasteiger partial charge in [-0.15, -0.1) is 0 Å². The van der Waals surface area contributed by atoms with Crippen LogP contribution in [0, 0.1) is 6.92 Å². The number of amides is 2. The Morgan fingerprint density at radius 3 is 2.50 bits per heavy atom. The lowest BCUT2D eigenvalue weighted by Crippen LogP contribution is -2.35. The molecule has 0 aromatic heterocycles. The Hall–Kier alpha value is -1.41. The Bertz CT molecular complexity index is 673. The van der Waals surface area contributed by atoms with Crippen LogP contribution in [0.2, 0.25) is 0 Å². The van der Waals surface area contributed by atoms with Crippen molar-refractivity contribution in [3.63, 3.8) is 0 Å². The summed E-state index contributed by atoms with van der Waals surface area (Å²) in [4.78, 5) is 24.9. The summed E-state index contributed by atoms with van der Waals surface area (Å²) in [6.45, 7) is 1.74. The molecule has 1 aromatic rings. The number of nitrogens with one attached hydrogen (secondary N) is 1. The van der Waals surface area contributed by atoms with Crippen LogP contribution in [0.1, 0.15) is 12.0 Å². The summed E-state index contributed by atoms with van der Waals surface area (Å²) < 4.78 is 23.0. The summed E-state index contributed by atoms with van der Waals surface area (Å²) >= 11 is 3.34. The molecule has 0 bridgehead atoms. The largest absolute Gasteiger partial charge is 0.336 e. The first kappa shape index (κ1) is 18.6. The highest BCUT2D eigenvalue weighted by Gasteiger charge is 2.15. The second-order valence-corrected chi connectivity index (χ2v) is 8.31. The van der Waals surface area contributed by atoms with Gasteiger partial charge >= 0.3 is 0 Å². The molecule has 0 aliphatic carbocycles. The summed E-state index contributed by atoms with van der Waals surface area (Å²) in [7, 11) is -1.72. The fraction of sp³-hybridized carbons (Fsp3) is 0.429. The van der Waals surface area contributed by atoms with Gasteiger partial charge in [0.15, 0.2) is 0 Å². The van der Waals surface area contributed by atoms with Gasteiger partial charge in [0, 0.05) is 29.9 Å². The number of rotatable bonds is 6. The molecule has 6 nitrogen and oxygen atoms in total. The van der Waals surface area contributed by atoms with E-state index in [2.05, 4.69) is 21.2 Å². The third-order valence-corrected chi connectivity index (χ3v) is 4.39. The van der Waals surface area contributed by atoms with Crippen molar-refractivity contribution in [2.24, 2.45) is 0 Å². The predicted molar refractivity (Wildman–Crippen MR) is 89.5 cm³/mol. The molecular weight excluding hydrogens is 372 g/mol. The number of carbonyl (C=O) groups excluding carboxylic acids is 2. The highest BCUT2D eigenvalue weighted by Crippen LogP contribution is 2.19. The molecule has 0 saturated carbocycles. The third-order valence-electron chi connectivity index (χ3n) is 2.96. The van der Waals surface area contributed by atoms with Gasteiger partial charge in [0.25, 0.3) is 0 Å². The van der Waals surface area contributed by atoms with E-state index in [0.29, 0.717) is 5.69 Å². The fourth-order valence-corrected chi connectivity index (χ4v) is 2.75. The standard InChI is InChI=1S/C14H19BrN2O4S/c1-10-8-11(15)4-5-12(10)16-13(18)9-17(2)14(19)6-7-22(3,20)21/h4-5,8H,6-7,9H2,1-3H3,(H,16,18). The minimum absolute atomic E-state index is 0.125. The minimum Gasteiger partial charge on any atom is -0.336 e. The molecule has 22 heavy (non-hydrogen) atoms. The van der Waals surface area contributed by atoms with Gasteiger partial charge in [0.2, 0.25) is 11.8 Å². The van der Waals surface area contributed by atoms with Crippen LogP contribution in [0.25, 0.3) is 0 Å². The van der Waals surface area contributed by atoms with E-state index in [4.69, 9.17) is 0 Å². The van der Waals surface area contributed by atoms with Gasteiger partial charge in [-0.2, -0.15) is 0 Å². The van der Waals surface area contributed by atoms with Crippen LogP contribution in [0.4, 0.5) is 5.69 Å². The summed E-state index contributed by atoms with van der Waals surface area (Å²) in [6.07, 6.45) is 0.948. The zero-order chi connectivity index (χ0) is 16.9. The number of aryl methyl sites for hydroxylation is 1. The Kier molecular flexibility index (Phi) is 6.55. The lowest BCUT2D eigenvalue weighted by atomic mass is 10.2. The van der Waals surface area contributed by atoms with Crippen LogP contribution in [-0.2, 0) is 19.4 Å². The minimum atomic E-state index is -3.19. The van der Waals surface area contributed by atoms with Crippen molar-refractivity contribution < 1.29 is 18.0 Å². The Balaban J connectivity index is 2.55. The van der Waals surface area contributed by atoms with Crippen LogP contribution in [0.5, 0.6) is 0 Å². The lowest BCUT2D eigenvalue weighted by Gasteiger charge is -2.17. The first-order valence-electron chi connectivity index (χ1n) is 6.56. The SMILES string of the molecule is Cc1cc(Br)ccc1NC(=O)CN(C)C(=O)CCS(C)(=O)=O. The number of anilines is 1. The van der Waals surface area contributed by atoms with Crippen molar-refractivity contribution in [1.29, 1.82) is 0 Å². The molecule has 1 aromatic carbocycles. The maximum Gasteiger partial charge on any atom is 0.243 e. The number of sulfone groups is 1. The molecule has 0 radical (unpaired) electrons. The average Bonchev–Trinajstić information content (AvgIpc) is 2.38. The van der Waals surface area contributed by atoms with E-state index in [1.54, 1.807) is 6.07 Å². The molecule has 0 heterocycles. The van der Waals surface area contributed by atoms with Crippen molar-refractivity contribution in [3.8, 4) is 0 Å². The van der Waals surface area contributed by atoms with Gasteiger partial charge in [-0.1, -0.05) is 15.9 Å². The third kappa shape index (κ3) is 6.57. The lowest BCUT2D eigenvalue weighted by molar-refractivity contribution is -0.132. The quantitative estimate of drug-likeness (QED) is 0.799. The van der Waals surface area contributed by atoms with Gasteiger partial charge in [0.1, 0.15) is 9.84 Å². The maximum atomic E-state index is 11.9. The van der Waals surface area contributed by atoms with E-state index >= 15 is 0 Å². The number of nitrogens with zero attached hydrogens (tertiary/aromatic N) is 1. The van der Waals surface area contributed by atoms with Crippen LogP contribution in [-0.4, -0.2) is 50.7 Å². The fourth-order valence-electron chi connectivity index (χ4n) is 1.72. The Morgan fingerprint density at radius 1 is 1.32 bits per heavy atom. The molecule has 122 valence electrons. The van der Waals surface area contributed by atoms with Crippen molar-refractivity contribution in [3.05, 3.63) is 28.2 Å². The van der Waals surface area contributed by atoms with Gasteiger partial charge < -0.3 is 10.2 Å². The first-order chi connectivity index (χ1) is 10.1. The number of hydrogen-bond acceptors (Lipinski definition) is 4. The van der Waals surface area contributed by atoms with E-state index in [-0.39, 0.29) is 30.5 Å². The molecule has 0 unspecified atom stereocenters. The van der Waals surface area contributed by atoms with Gasteiger partial charge in [0.05, 0.1) is 12.3 Å². The molecule has 1 N–H and O–H groups in total. The van der Waals surface area contributed by atoms with Crippen molar-refractivity contribution in [2.45, 2.75) is 13.3 Å². The van der Waals surface area contributed by atoms with E-state index in [1.165, 1.54) is 11.9 Å². The average molecular weight is 391 g/mol. The molecule has 8 heteroatoms. The molecule has 0 atom stereocenters. The smallest absolute Gasteiger partial charge is 0.243 e. The normalized spacial score (nSPS) is 11.1. The summed E-state index contributed by atoms with van der Waals surface area (Å²) in [6, 6.07) is 5.45. The van der Waals surface area contributed by atoms with E-state index in [9.17, 15) is 18.0 Å². The molecule has 0 spiro atoms. The van der Waals surface area contributed by atoms with Crippen molar-refractivity contribution >= 4 is 43.3 Å². The summed E-state index contributed by atoms with van der Waals surface area (Å²) in [5, 5.41) is 2.72. The van der Waals surface area contributed by atoms with Crippen LogP contribution in [0.3, 0.4) is 0 Å². The van der Waals surface area contributed by atoms with Crippen LogP contribution in [0.15, 0.2) is 22.7 Å². The highest BCUT2D eigenvalue weighted by atomic mass is 79.9. The predicted octanol–water partition coefficient (Wildman–Crippen LogP) is 1.59. The molecule has 0 aliphatic rings. The van der Waals surface area contributed by atoms with E-state index in [1.807, 2.05) is 19.1 Å². The van der Waals surface area contributed by atoms with Crippen LogP contribution < -0.4 is 5.32 Å². The number of benzene rings is 1. The van der Waals surface area contributed by atoms with Gasteiger partial charge in [-0.05, 0) is 30.7 Å². The second-order valence-electron chi connectivity index (χ2n) is 5.14. The molecule has 0 fully saturated rings. The topological polar surface area (TPSA) is 83.6 Å². The Labute approximate surface area is 138 Å². The number of hydrogen-bond donors (Lipinski definition) is 1. The van der Waals surface area contributed by atoms with Crippen LogP contribution >= 0.6 is 15.9 Å². The molecule has 0 aliphatic heterocycles. The number of carbonyl (C=O) groups is 2. The van der Waals surface area contributed by atoms with Crippen molar-refractivity contribution in [1.82, 2.24) is 4.90 Å². The molecule has 2 amide bonds. The molecule has 0 saturated heterocycles. The first-order valence-corrected chi connectivity index (χ1v) is 9.41. The molecule has 1 rings (SSSR count). The van der Waals surface area contributed by atoms with E-state index in [0.717, 1.165) is 16.3 Å². The summed E-state index contributed by atoms with van der Waals surface area (Å²) in [5.41, 5.74) is 1.57. The zero-order valence-electron chi connectivity index (χ0n) is 12.7. The molecular formula is C14H19BrN2O4S. The summed E-state index contributed by atoms with van der Waals surface area (Å²) in [5.74, 6) is -0.933. The number of halogens is 1. The second kappa shape index (κ2) is 7.73. The maximum absolute atomic E-state index is 11.9. The monoisotopic (exact) mass is 390 g/mol. The van der Waals surface area contributed by atoms with Gasteiger partial charge in [-0.3, -0.25) is 9.59 Å². The Morgan fingerprint density at radius 2 is 1.95 bits per heavy atom. The highest BCUT2D eigenvalue weighted by molar-refractivity contribution is 9.10. The van der Waals surface area contributed by atoms with E-state index < -0.39 is 9.84 Å².